The highest BCUT2D eigenvalue weighted by atomic mass is 32.1. The average Bonchev–Trinajstić information content (AvgIpc) is 3.35. The quantitative estimate of drug-likeness (QED) is 0.526. The highest BCUT2D eigenvalue weighted by Crippen LogP contribution is 2.37. The standard InChI is InChI=1S/C19H14FN3O2S2/c20-13-5-3-12(4-6-13)15-10-27-19-17(15)18(22-11-23-19)25-9-16(24)21-8-14-2-1-7-26-14/h1-7,10-11H,8-9H2,(H,21,24). The number of benzene rings is 1. The molecule has 27 heavy (non-hydrogen) atoms. The zero-order chi connectivity index (χ0) is 18.6. The van der Waals surface area contributed by atoms with E-state index in [-0.39, 0.29) is 18.3 Å². The van der Waals surface area contributed by atoms with Crippen LogP contribution in [0.3, 0.4) is 0 Å². The lowest BCUT2D eigenvalue weighted by Crippen LogP contribution is -2.28. The summed E-state index contributed by atoms with van der Waals surface area (Å²) in [5.74, 6) is -0.186. The number of nitrogens with one attached hydrogen (secondary N) is 1. The van der Waals surface area contributed by atoms with E-state index >= 15 is 0 Å². The number of ether oxygens (including phenoxy) is 1. The van der Waals surface area contributed by atoms with Crippen LogP contribution in [0.5, 0.6) is 5.88 Å². The van der Waals surface area contributed by atoms with E-state index in [4.69, 9.17) is 4.74 Å². The number of fused-ring (bicyclic) bond motifs is 1. The molecule has 3 aromatic heterocycles. The molecule has 0 radical (unpaired) electrons. The predicted octanol–water partition coefficient (Wildman–Crippen LogP) is 4.25. The lowest BCUT2D eigenvalue weighted by molar-refractivity contribution is -0.123. The molecule has 0 aliphatic rings. The molecular weight excluding hydrogens is 385 g/mol. The molecule has 4 aromatic rings. The molecule has 1 aromatic carbocycles. The third kappa shape index (κ3) is 3.96. The number of amides is 1. The predicted molar refractivity (Wildman–Crippen MR) is 104 cm³/mol. The molecule has 8 heteroatoms. The number of carbonyl (C=O) groups is 1. The van der Waals surface area contributed by atoms with Gasteiger partial charge in [-0.3, -0.25) is 4.79 Å². The van der Waals surface area contributed by atoms with Crippen molar-refractivity contribution in [3.8, 4) is 17.0 Å². The van der Waals surface area contributed by atoms with E-state index in [0.29, 0.717) is 12.4 Å². The van der Waals surface area contributed by atoms with Crippen LogP contribution in [-0.2, 0) is 11.3 Å². The van der Waals surface area contributed by atoms with E-state index in [9.17, 15) is 9.18 Å². The van der Waals surface area contributed by atoms with E-state index in [2.05, 4.69) is 15.3 Å². The molecule has 0 saturated heterocycles. The van der Waals surface area contributed by atoms with E-state index in [0.717, 1.165) is 26.2 Å². The molecule has 1 amide bonds. The summed E-state index contributed by atoms with van der Waals surface area (Å²) >= 11 is 3.03. The van der Waals surface area contributed by atoms with E-state index in [1.54, 1.807) is 23.5 Å². The first-order valence-electron chi connectivity index (χ1n) is 8.11. The van der Waals surface area contributed by atoms with Crippen LogP contribution in [0.15, 0.2) is 53.5 Å². The largest absolute Gasteiger partial charge is 0.467 e. The third-order valence-corrected chi connectivity index (χ3v) is 5.63. The van der Waals surface area contributed by atoms with Gasteiger partial charge < -0.3 is 10.1 Å². The third-order valence-electron chi connectivity index (χ3n) is 3.87. The SMILES string of the molecule is O=C(COc1ncnc2scc(-c3ccc(F)cc3)c12)NCc1cccs1. The van der Waals surface area contributed by atoms with Gasteiger partial charge in [-0.05, 0) is 29.1 Å². The first-order valence-corrected chi connectivity index (χ1v) is 9.86. The molecule has 0 saturated carbocycles. The molecule has 5 nitrogen and oxygen atoms in total. The van der Waals surface area contributed by atoms with Gasteiger partial charge in [0.2, 0.25) is 5.88 Å². The number of nitrogens with zero attached hydrogens (tertiary/aromatic N) is 2. The van der Waals surface area contributed by atoms with Gasteiger partial charge >= 0.3 is 0 Å². The summed E-state index contributed by atoms with van der Waals surface area (Å²) in [7, 11) is 0. The van der Waals surface area contributed by atoms with Gasteiger partial charge in [0.05, 0.1) is 11.9 Å². The van der Waals surface area contributed by atoms with Crippen molar-refractivity contribution < 1.29 is 13.9 Å². The number of aromatic nitrogens is 2. The minimum Gasteiger partial charge on any atom is -0.467 e. The number of thiophene rings is 2. The zero-order valence-corrected chi connectivity index (χ0v) is 15.6. The van der Waals surface area contributed by atoms with Crippen LogP contribution in [0.1, 0.15) is 4.88 Å². The lowest BCUT2D eigenvalue weighted by Gasteiger charge is -2.08. The van der Waals surface area contributed by atoms with Crippen LogP contribution in [0, 0.1) is 5.82 Å². The van der Waals surface area contributed by atoms with Crippen molar-refractivity contribution in [1.29, 1.82) is 0 Å². The van der Waals surface area contributed by atoms with Crippen LogP contribution < -0.4 is 10.1 Å². The van der Waals surface area contributed by atoms with Crippen LogP contribution in [0.25, 0.3) is 21.3 Å². The minimum atomic E-state index is -0.298. The van der Waals surface area contributed by atoms with Gasteiger partial charge in [0.1, 0.15) is 17.0 Å². The summed E-state index contributed by atoms with van der Waals surface area (Å²) in [6, 6.07) is 10.1. The van der Waals surface area contributed by atoms with Crippen LogP contribution in [0.2, 0.25) is 0 Å². The molecule has 0 unspecified atom stereocenters. The highest BCUT2D eigenvalue weighted by Gasteiger charge is 2.15. The molecule has 4 rings (SSSR count). The summed E-state index contributed by atoms with van der Waals surface area (Å²) in [6.07, 6.45) is 1.41. The molecule has 0 spiro atoms. The van der Waals surface area contributed by atoms with Crippen molar-refractivity contribution in [2.75, 3.05) is 6.61 Å². The second-order valence-corrected chi connectivity index (χ2v) is 7.55. The first-order chi connectivity index (χ1) is 13.2. The Balaban J connectivity index is 1.52. The second kappa shape index (κ2) is 7.81. The van der Waals surface area contributed by atoms with E-state index in [1.807, 2.05) is 22.9 Å². The molecular formula is C19H14FN3O2S2. The van der Waals surface area contributed by atoms with Gasteiger partial charge in [-0.1, -0.05) is 18.2 Å². The van der Waals surface area contributed by atoms with Gasteiger partial charge in [-0.15, -0.1) is 22.7 Å². The number of hydrogen-bond donors (Lipinski definition) is 1. The van der Waals surface area contributed by atoms with Crippen molar-refractivity contribution >= 4 is 38.8 Å². The van der Waals surface area contributed by atoms with E-state index in [1.165, 1.54) is 29.8 Å². The van der Waals surface area contributed by atoms with Gasteiger partial charge in [-0.2, -0.15) is 0 Å². The molecule has 0 aliphatic carbocycles. The minimum absolute atomic E-state index is 0.143. The summed E-state index contributed by atoms with van der Waals surface area (Å²) in [5, 5.41) is 7.42. The summed E-state index contributed by atoms with van der Waals surface area (Å²) in [5.41, 5.74) is 1.69. The lowest BCUT2D eigenvalue weighted by atomic mass is 10.1. The molecule has 0 aliphatic heterocycles. The fourth-order valence-corrected chi connectivity index (χ4v) is 4.13. The Kier molecular flexibility index (Phi) is 5.08. The molecule has 3 heterocycles. The fraction of sp³-hybridized carbons (Fsp3) is 0.105. The van der Waals surface area contributed by atoms with Gasteiger partial charge in [0, 0.05) is 15.8 Å². The number of carbonyl (C=O) groups excluding carboxylic acids is 1. The second-order valence-electron chi connectivity index (χ2n) is 5.66. The molecule has 0 bridgehead atoms. The van der Waals surface area contributed by atoms with E-state index < -0.39 is 0 Å². The van der Waals surface area contributed by atoms with Crippen molar-refractivity contribution in [2.45, 2.75) is 6.54 Å². The Morgan fingerprint density at radius 2 is 2.00 bits per heavy atom. The fourth-order valence-electron chi connectivity index (χ4n) is 2.58. The Bertz CT molecular complexity index is 1060. The van der Waals surface area contributed by atoms with Gasteiger partial charge in [0.25, 0.3) is 5.91 Å². The summed E-state index contributed by atoms with van der Waals surface area (Å²) in [6.45, 7) is 0.328. The Morgan fingerprint density at radius 1 is 1.15 bits per heavy atom. The summed E-state index contributed by atoms with van der Waals surface area (Å²) in [4.78, 5) is 22.3. The monoisotopic (exact) mass is 399 g/mol. The Morgan fingerprint density at radius 3 is 2.78 bits per heavy atom. The number of hydrogen-bond acceptors (Lipinski definition) is 6. The summed E-state index contributed by atoms with van der Waals surface area (Å²) < 4.78 is 18.9. The van der Waals surface area contributed by atoms with Crippen LogP contribution >= 0.6 is 22.7 Å². The molecule has 0 fully saturated rings. The normalized spacial score (nSPS) is 10.9. The maximum Gasteiger partial charge on any atom is 0.258 e. The molecule has 1 N–H and O–H groups in total. The zero-order valence-electron chi connectivity index (χ0n) is 14.0. The van der Waals surface area contributed by atoms with Gasteiger partial charge in [0.15, 0.2) is 6.61 Å². The smallest absolute Gasteiger partial charge is 0.258 e. The molecule has 136 valence electrons. The van der Waals surface area contributed by atoms with Crippen molar-refractivity contribution in [3.05, 3.63) is 64.2 Å². The maximum atomic E-state index is 13.2. The van der Waals surface area contributed by atoms with Crippen molar-refractivity contribution in [3.63, 3.8) is 0 Å². The first kappa shape index (κ1) is 17.6. The van der Waals surface area contributed by atoms with Crippen LogP contribution in [-0.4, -0.2) is 22.5 Å². The molecule has 0 atom stereocenters. The Labute approximate surface area is 162 Å². The number of halogens is 1. The van der Waals surface area contributed by atoms with Crippen LogP contribution in [0.4, 0.5) is 4.39 Å². The average molecular weight is 399 g/mol. The Hall–Kier alpha value is -2.84. The van der Waals surface area contributed by atoms with Crippen molar-refractivity contribution in [1.82, 2.24) is 15.3 Å². The van der Waals surface area contributed by atoms with Crippen molar-refractivity contribution in [2.24, 2.45) is 0 Å². The maximum absolute atomic E-state index is 13.2. The number of rotatable bonds is 6. The topological polar surface area (TPSA) is 64.1 Å². The highest BCUT2D eigenvalue weighted by molar-refractivity contribution is 7.17. The van der Waals surface area contributed by atoms with Gasteiger partial charge in [-0.25, -0.2) is 14.4 Å².